The number of hydrogen-bond donors (Lipinski definition) is 1. The Morgan fingerprint density at radius 2 is 2.05 bits per heavy atom. The molecule has 1 N–H and O–H groups in total. The van der Waals surface area contributed by atoms with E-state index in [2.05, 4.69) is 22.9 Å². The third kappa shape index (κ3) is 3.38. The molecule has 0 aliphatic rings. The number of unbranched alkanes of at least 4 members (excludes halogenated alkanes) is 1. The molecule has 0 unspecified atom stereocenters. The van der Waals surface area contributed by atoms with Gasteiger partial charge in [-0.1, -0.05) is 12.5 Å². The monoisotopic (exact) mass is 289 g/mol. The molecule has 1 aromatic carbocycles. The van der Waals surface area contributed by atoms with E-state index in [1.54, 1.807) is 21.0 Å². The van der Waals surface area contributed by atoms with Crippen LogP contribution in [0.1, 0.15) is 33.1 Å². The van der Waals surface area contributed by atoms with Crippen LogP contribution in [0.4, 0.5) is 0 Å². The van der Waals surface area contributed by atoms with E-state index < -0.39 is 11.4 Å². The average molecular weight is 289 g/mol. The molecule has 0 aliphatic carbocycles. The van der Waals surface area contributed by atoms with Gasteiger partial charge in [0.15, 0.2) is 0 Å². The molecule has 114 valence electrons. The van der Waals surface area contributed by atoms with E-state index in [0.29, 0.717) is 6.42 Å². The summed E-state index contributed by atoms with van der Waals surface area (Å²) in [5, 5.41) is 10.2. The van der Waals surface area contributed by atoms with Crippen LogP contribution >= 0.6 is 0 Å². The lowest BCUT2D eigenvalue weighted by Gasteiger charge is -2.18. The molecular weight excluding hydrogens is 266 g/mol. The van der Waals surface area contributed by atoms with Crippen molar-refractivity contribution in [3.8, 4) is 5.75 Å². The number of nitrogens with zero attached hydrogens (tertiary/aromatic N) is 1. The molecule has 2 aromatic rings. The number of fused-ring (bicyclic) bond motifs is 1. The largest absolute Gasteiger partial charge is 0.496 e. The van der Waals surface area contributed by atoms with Crippen LogP contribution in [0.5, 0.6) is 5.75 Å². The first-order chi connectivity index (χ1) is 9.95. The van der Waals surface area contributed by atoms with Crippen molar-refractivity contribution in [2.24, 2.45) is 5.41 Å². The van der Waals surface area contributed by atoms with Crippen molar-refractivity contribution in [2.75, 3.05) is 7.11 Å². The second kappa shape index (κ2) is 6.20. The SMILES string of the molecule is COc1cccc2c1ccn2CCCCC(C)(C)C(=O)O. The van der Waals surface area contributed by atoms with Crippen LogP contribution in [0.15, 0.2) is 30.5 Å². The smallest absolute Gasteiger partial charge is 0.309 e. The van der Waals surface area contributed by atoms with Crippen LogP contribution in [0.3, 0.4) is 0 Å². The number of carboxylic acid groups (broad SMARTS) is 1. The quantitative estimate of drug-likeness (QED) is 0.786. The molecule has 0 amide bonds. The fourth-order valence-corrected chi connectivity index (χ4v) is 2.52. The number of benzene rings is 1. The third-order valence-corrected chi connectivity index (χ3v) is 4.02. The van der Waals surface area contributed by atoms with Crippen molar-refractivity contribution in [1.82, 2.24) is 4.57 Å². The van der Waals surface area contributed by atoms with Crippen molar-refractivity contribution in [1.29, 1.82) is 0 Å². The number of carbonyl (C=O) groups is 1. The predicted molar refractivity (Wildman–Crippen MR) is 83.8 cm³/mol. The molecule has 2 rings (SSSR count). The molecule has 4 heteroatoms. The zero-order valence-corrected chi connectivity index (χ0v) is 12.9. The van der Waals surface area contributed by atoms with Gasteiger partial charge in [-0.2, -0.15) is 0 Å². The molecule has 21 heavy (non-hydrogen) atoms. The van der Waals surface area contributed by atoms with Crippen LogP contribution in [0, 0.1) is 5.41 Å². The normalized spacial score (nSPS) is 11.8. The van der Waals surface area contributed by atoms with Gasteiger partial charge in [0, 0.05) is 18.1 Å². The topological polar surface area (TPSA) is 51.5 Å². The Bertz CT molecular complexity index is 628. The molecule has 0 radical (unpaired) electrons. The highest BCUT2D eigenvalue weighted by molar-refractivity contribution is 5.86. The summed E-state index contributed by atoms with van der Waals surface area (Å²) in [4.78, 5) is 11.1. The highest BCUT2D eigenvalue weighted by atomic mass is 16.5. The van der Waals surface area contributed by atoms with Crippen molar-refractivity contribution >= 4 is 16.9 Å². The summed E-state index contributed by atoms with van der Waals surface area (Å²) in [6, 6.07) is 8.10. The van der Waals surface area contributed by atoms with E-state index in [1.807, 2.05) is 12.1 Å². The molecule has 4 nitrogen and oxygen atoms in total. The highest BCUT2D eigenvalue weighted by Crippen LogP contribution is 2.27. The van der Waals surface area contributed by atoms with Crippen molar-refractivity contribution in [2.45, 2.75) is 39.7 Å². The predicted octanol–water partition coefficient (Wildman–Crippen LogP) is 3.93. The summed E-state index contributed by atoms with van der Waals surface area (Å²) in [6.45, 7) is 4.46. The number of hydrogen-bond acceptors (Lipinski definition) is 2. The van der Waals surface area contributed by atoms with Gasteiger partial charge in [0.05, 0.1) is 18.0 Å². The van der Waals surface area contributed by atoms with Crippen LogP contribution in [0.2, 0.25) is 0 Å². The van der Waals surface area contributed by atoms with Gasteiger partial charge in [0.25, 0.3) is 0 Å². The van der Waals surface area contributed by atoms with Gasteiger partial charge in [0.1, 0.15) is 5.75 Å². The summed E-state index contributed by atoms with van der Waals surface area (Å²) in [5.41, 5.74) is 0.522. The maximum absolute atomic E-state index is 11.1. The van der Waals surface area contributed by atoms with Crippen LogP contribution in [-0.4, -0.2) is 22.8 Å². The Morgan fingerprint density at radius 3 is 2.71 bits per heavy atom. The summed E-state index contributed by atoms with van der Waals surface area (Å²) >= 11 is 0. The Labute approximate surface area is 125 Å². The van der Waals surface area contributed by atoms with Gasteiger partial charge in [-0.25, -0.2) is 0 Å². The van der Waals surface area contributed by atoms with Crippen LogP contribution < -0.4 is 4.74 Å². The number of rotatable bonds is 7. The molecule has 0 saturated carbocycles. The molecule has 0 fully saturated rings. The van der Waals surface area contributed by atoms with E-state index >= 15 is 0 Å². The van der Waals surface area contributed by atoms with E-state index in [0.717, 1.165) is 36.0 Å². The second-order valence-corrected chi connectivity index (χ2v) is 6.05. The standard InChI is InChI=1S/C17H23NO3/c1-17(2,16(19)20)10-4-5-11-18-12-9-13-14(18)7-6-8-15(13)21-3/h6-9,12H,4-5,10-11H2,1-3H3,(H,19,20). The van der Waals surface area contributed by atoms with Crippen LogP contribution in [-0.2, 0) is 11.3 Å². The molecule has 0 spiro atoms. The van der Waals surface area contributed by atoms with E-state index in [-0.39, 0.29) is 0 Å². The lowest BCUT2D eigenvalue weighted by atomic mass is 9.87. The summed E-state index contributed by atoms with van der Waals surface area (Å²) < 4.78 is 7.56. The Morgan fingerprint density at radius 1 is 1.29 bits per heavy atom. The lowest BCUT2D eigenvalue weighted by Crippen LogP contribution is -2.23. The Kier molecular flexibility index (Phi) is 4.56. The first-order valence-corrected chi connectivity index (χ1v) is 7.31. The van der Waals surface area contributed by atoms with Gasteiger partial charge >= 0.3 is 5.97 Å². The van der Waals surface area contributed by atoms with Gasteiger partial charge in [-0.05, 0) is 44.9 Å². The summed E-state index contributed by atoms with van der Waals surface area (Å²) in [7, 11) is 1.68. The second-order valence-electron chi connectivity index (χ2n) is 6.05. The minimum atomic E-state index is -0.723. The highest BCUT2D eigenvalue weighted by Gasteiger charge is 2.25. The van der Waals surface area contributed by atoms with Gasteiger partial charge in [-0.3, -0.25) is 4.79 Å². The first-order valence-electron chi connectivity index (χ1n) is 7.31. The maximum atomic E-state index is 11.1. The number of aryl methyl sites for hydroxylation is 1. The minimum Gasteiger partial charge on any atom is -0.496 e. The average Bonchev–Trinajstić information content (AvgIpc) is 2.86. The third-order valence-electron chi connectivity index (χ3n) is 4.02. The molecule has 0 saturated heterocycles. The van der Waals surface area contributed by atoms with E-state index in [9.17, 15) is 4.79 Å². The zero-order chi connectivity index (χ0) is 15.5. The van der Waals surface area contributed by atoms with Crippen molar-refractivity contribution < 1.29 is 14.6 Å². The maximum Gasteiger partial charge on any atom is 0.309 e. The number of aliphatic carboxylic acids is 1. The summed E-state index contributed by atoms with van der Waals surface area (Å²) in [6.07, 6.45) is 4.64. The molecular formula is C17H23NO3. The van der Waals surface area contributed by atoms with Gasteiger partial charge in [-0.15, -0.1) is 0 Å². The summed E-state index contributed by atoms with van der Waals surface area (Å²) in [5.74, 6) is 0.164. The first kappa shape index (κ1) is 15.4. The Hall–Kier alpha value is -1.97. The fraction of sp³-hybridized carbons (Fsp3) is 0.471. The molecule has 0 atom stereocenters. The number of carboxylic acids is 1. The molecule has 0 aliphatic heterocycles. The molecule has 1 aromatic heterocycles. The minimum absolute atomic E-state index is 0.637. The lowest BCUT2D eigenvalue weighted by molar-refractivity contribution is -0.147. The van der Waals surface area contributed by atoms with Crippen molar-refractivity contribution in [3.05, 3.63) is 30.5 Å². The van der Waals surface area contributed by atoms with Crippen molar-refractivity contribution in [3.63, 3.8) is 0 Å². The molecule has 1 heterocycles. The van der Waals surface area contributed by atoms with Gasteiger partial charge < -0.3 is 14.4 Å². The van der Waals surface area contributed by atoms with E-state index in [1.165, 1.54) is 0 Å². The number of ether oxygens (including phenoxy) is 1. The fourth-order valence-electron chi connectivity index (χ4n) is 2.52. The molecule has 0 bridgehead atoms. The Balaban J connectivity index is 1.97. The van der Waals surface area contributed by atoms with E-state index in [4.69, 9.17) is 9.84 Å². The van der Waals surface area contributed by atoms with Gasteiger partial charge in [0.2, 0.25) is 0 Å². The number of aromatic nitrogens is 1. The number of methoxy groups -OCH3 is 1. The zero-order valence-electron chi connectivity index (χ0n) is 12.9. The van der Waals surface area contributed by atoms with Crippen LogP contribution in [0.25, 0.3) is 10.9 Å².